The Labute approximate surface area is 130 Å². The maximum Gasteiger partial charge on any atom is 0.134 e. The van der Waals surface area contributed by atoms with Gasteiger partial charge in [0.1, 0.15) is 5.75 Å². The zero-order valence-corrected chi connectivity index (χ0v) is 12.8. The molecule has 1 aliphatic carbocycles. The van der Waals surface area contributed by atoms with E-state index in [1.54, 1.807) is 6.07 Å². The molecule has 3 heteroatoms. The van der Waals surface area contributed by atoms with Gasteiger partial charge in [-0.3, -0.25) is 0 Å². The molecule has 0 spiro atoms. The highest BCUT2D eigenvalue weighted by molar-refractivity contribution is 6.32. The molecule has 0 aromatic heterocycles. The largest absolute Gasteiger partial charge is 0.506 e. The Kier molecular flexibility index (Phi) is 4.18. The fraction of sp³-hybridized carbons (Fsp3) is 0.333. The van der Waals surface area contributed by atoms with Crippen LogP contribution in [0, 0.1) is 5.92 Å². The van der Waals surface area contributed by atoms with Gasteiger partial charge in [0.2, 0.25) is 0 Å². The average Bonchev–Trinajstić information content (AvgIpc) is 3.30. The molecule has 1 saturated carbocycles. The van der Waals surface area contributed by atoms with Crippen LogP contribution in [0.25, 0.3) is 0 Å². The van der Waals surface area contributed by atoms with Crippen molar-refractivity contribution in [2.45, 2.75) is 31.8 Å². The second kappa shape index (κ2) is 6.08. The molecule has 2 aromatic rings. The molecule has 0 saturated heterocycles. The third-order valence-electron chi connectivity index (χ3n) is 4.38. The molecule has 2 aromatic carbocycles. The molecule has 3 atom stereocenters. The lowest BCUT2D eigenvalue weighted by molar-refractivity contribution is 0.469. The van der Waals surface area contributed by atoms with E-state index in [2.05, 4.69) is 42.6 Å². The van der Waals surface area contributed by atoms with Gasteiger partial charge in [0, 0.05) is 12.6 Å². The van der Waals surface area contributed by atoms with Crippen molar-refractivity contribution >= 4 is 11.6 Å². The standard InChI is InChI=1S/C18H20ClNO/c1-12(15-10-16(15)13-6-3-2-4-7-13)20-11-14-8-5-9-17(21)18(14)19/h2-9,12,15-16,20-21H,10-11H2,1H3. The number of hydrogen-bond donors (Lipinski definition) is 2. The highest BCUT2D eigenvalue weighted by Gasteiger charge is 2.41. The van der Waals surface area contributed by atoms with Crippen LogP contribution in [-0.2, 0) is 6.54 Å². The van der Waals surface area contributed by atoms with Crippen LogP contribution in [0.2, 0.25) is 5.02 Å². The van der Waals surface area contributed by atoms with Gasteiger partial charge < -0.3 is 10.4 Å². The molecule has 110 valence electrons. The number of aromatic hydroxyl groups is 1. The van der Waals surface area contributed by atoms with Crippen LogP contribution < -0.4 is 5.32 Å². The second-order valence-electron chi connectivity index (χ2n) is 5.84. The minimum Gasteiger partial charge on any atom is -0.506 e. The number of nitrogens with one attached hydrogen (secondary N) is 1. The molecule has 0 aliphatic heterocycles. The minimum atomic E-state index is 0.150. The van der Waals surface area contributed by atoms with Crippen molar-refractivity contribution < 1.29 is 5.11 Å². The Bertz CT molecular complexity index is 614. The number of halogens is 1. The summed E-state index contributed by atoms with van der Waals surface area (Å²) >= 11 is 6.11. The van der Waals surface area contributed by atoms with Crippen molar-refractivity contribution in [3.8, 4) is 5.75 Å². The molecular formula is C18H20ClNO. The van der Waals surface area contributed by atoms with E-state index in [0.717, 1.165) is 5.56 Å². The lowest BCUT2D eigenvalue weighted by atomic mass is 10.1. The quantitative estimate of drug-likeness (QED) is 0.861. The summed E-state index contributed by atoms with van der Waals surface area (Å²) in [6.45, 7) is 2.91. The van der Waals surface area contributed by atoms with E-state index in [0.29, 0.717) is 29.4 Å². The molecule has 3 unspecified atom stereocenters. The SMILES string of the molecule is CC(NCc1cccc(O)c1Cl)C1CC1c1ccccc1. The van der Waals surface area contributed by atoms with Crippen LogP contribution in [0.3, 0.4) is 0 Å². The van der Waals surface area contributed by atoms with E-state index >= 15 is 0 Å². The van der Waals surface area contributed by atoms with Gasteiger partial charge in [-0.2, -0.15) is 0 Å². The van der Waals surface area contributed by atoms with Gasteiger partial charge in [-0.1, -0.05) is 54.1 Å². The highest BCUT2D eigenvalue weighted by Crippen LogP contribution is 2.49. The van der Waals surface area contributed by atoms with Crippen LogP contribution in [-0.4, -0.2) is 11.1 Å². The van der Waals surface area contributed by atoms with Crippen molar-refractivity contribution in [2.24, 2.45) is 5.92 Å². The van der Waals surface area contributed by atoms with E-state index in [-0.39, 0.29) is 5.75 Å². The van der Waals surface area contributed by atoms with E-state index in [9.17, 15) is 5.11 Å². The zero-order valence-electron chi connectivity index (χ0n) is 12.1. The van der Waals surface area contributed by atoms with Crippen molar-refractivity contribution in [3.63, 3.8) is 0 Å². The summed E-state index contributed by atoms with van der Waals surface area (Å²) in [5, 5.41) is 13.6. The van der Waals surface area contributed by atoms with Crippen molar-refractivity contribution in [1.29, 1.82) is 0 Å². The Hall–Kier alpha value is -1.51. The van der Waals surface area contributed by atoms with Gasteiger partial charge in [0.15, 0.2) is 0 Å². The molecule has 2 N–H and O–H groups in total. The summed E-state index contributed by atoms with van der Waals surface area (Å²) in [4.78, 5) is 0. The summed E-state index contributed by atoms with van der Waals surface area (Å²) in [5.41, 5.74) is 2.38. The Morgan fingerprint density at radius 1 is 1.19 bits per heavy atom. The van der Waals surface area contributed by atoms with Crippen LogP contribution in [0.15, 0.2) is 48.5 Å². The predicted octanol–water partition coefficient (Wildman–Crippen LogP) is 4.33. The molecule has 0 heterocycles. The summed E-state index contributed by atoms with van der Waals surface area (Å²) in [7, 11) is 0. The van der Waals surface area contributed by atoms with E-state index < -0.39 is 0 Å². The Morgan fingerprint density at radius 2 is 1.95 bits per heavy atom. The first-order valence-electron chi connectivity index (χ1n) is 7.41. The van der Waals surface area contributed by atoms with Crippen molar-refractivity contribution in [2.75, 3.05) is 0 Å². The van der Waals surface area contributed by atoms with Crippen LogP contribution in [0.1, 0.15) is 30.4 Å². The van der Waals surface area contributed by atoms with Gasteiger partial charge in [-0.15, -0.1) is 0 Å². The highest BCUT2D eigenvalue weighted by atomic mass is 35.5. The summed E-state index contributed by atoms with van der Waals surface area (Å²) in [5.74, 6) is 1.51. The monoisotopic (exact) mass is 301 g/mol. The molecule has 2 nitrogen and oxygen atoms in total. The number of benzene rings is 2. The lowest BCUT2D eigenvalue weighted by Crippen LogP contribution is -2.28. The third-order valence-corrected chi connectivity index (χ3v) is 4.82. The summed E-state index contributed by atoms with van der Waals surface area (Å²) in [6.07, 6.45) is 1.24. The Morgan fingerprint density at radius 3 is 2.71 bits per heavy atom. The molecular weight excluding hydrogens is 282 g/mol. The molecule has 1 aliphatic rings. The van der Waals surface area contributed by atoms with Crippen LogP contribution in [0.5, 0.6) is 5.75 Å². The first-order chi connectivity index (χ1) is 10.2. The number of hydrogen-bond acceptors (Lipinski definition) is 2. The van der Waals surface area contributed by atoms with E-state index in [1.165, 1.54) is 12.0 Å². The first kappa shape index (κ1) is 14.4. The maximum absolute atomic E-state index is 9.62. The molecule has 0 radical (unpaired) electrons. The van der Waals surface area contributed by atoms with Crippen LogP contribution >= 0.6 is 11.6 Å². The fourth-order valence-electron chi connectivity index (χ4n) is 2.98. The topological polar surface area (TPSA) is 32.3 Å². The first-order valence-corrected chi connectivity index (χ1v) is 7.79. The van der Waals surface area contributed by atoms with E-state index in [4.69, 9.17) is 11.6 Å². The zero-order chi connectivity index (χ0) is 14.8. The third kappa shape index (κ3) is 3.22. The smallest absolute Gasteiger partial charge is 0.134 e. The van der Waals surface area contributed by atoms with Gasteiger partial charge in [-0.25, -0.2) is 0 Å². The van der Waals surface area contributed by atoms with Gasteiger partial charge in [0.25, 0.3) is 0 Å². The second-order valence-corrected chi connectivity index (χ2v) is 6.21. The van der Waals surface area contributed by atoms with E-state index in [1.807, 2.05) is 12.1 Å². The number of rotatable bonds is 5. The summed E-state index contributed by atoms with van der Waals surface area (Å²) < 4.78 is 0. The maximum atomic E-state index is 9.62. The normalized spacial score (nSPS) is 22.0. The fourth-order valence-corrected chi connectivity index (χ4v) is 3.17. The van der Waals surface area contributed by atoms with Crippen LogP contribution in [0.4, 0.5) is 0 Å². The molecule has 21 heavy (non-hydrogen) atoms. The van der Waals surface area contributed by atoms with Crippen molar-refractivity contribution in [3.05, 3.63) is 64.7 Å². The molecule has 0 amide bonds. The summed E-state index contributed by atoms with van der Waals surface area (Å²) in [6, 6.07) is 16.5. The number of phenols is 1. The van der Waals surface area contributed by atoms with Gasteiger partial charge in [-0.05, 0) is 42.4 Å². The van der Waals surface area contributed by atoms with Gasteiger partial charge in [0.05, 0.1) is 5.02 Å². The molecule has 1 fully saturated rings. The average molecular weight is 302 g/mol. The van der Waals surface area contributed by atoms with Gasteiger partial charge >= 0.3 is 0 Å². The predicted molar refractivity (Wildman–Crippen MR) is 86.7 cm³/mol. The lowest BCUT2D eigenvalue weighted by Gasteiger charge is -2.15. The molecule has 3 rings (SSSR count). The van der Waals surface area contributed by atoms with Crippen molar-refractivity contribution in [1.82, 2.24) is 5.32 Å². The Balaban J connectivity index is 1.56. The molecule has 0 bridgehead atoms. The number of phenolic OH excluding ortho intramolecular Hbond substituents is 1. The minimum absolute atomic E-state index is 0.150.